The average Bonchev–Trinajstić information content (AvgIpc) is 2.66. The molecule has 0 saturated carbocycles. The molecule has 8 heteroatoms. The van der Waals surface area contributed by atoms with Gasteiger partial charge in [0.15, 0.2) is 12.4 Å². The summed E-state index contributed by atoms with van der Waals surface area (Å²) in [5.41, 5.74) is 0.913. The van der Waals surface area contributed by atoms with E-state index in [-0.39, 0.29) is 11.5 Å². The third kappa shape index (κ3) is 6.79. The second kappa shape index (κ2) is 11.2. The van der Waals surface area contributed by atoms with Crippen molar-refractivity contribution in [3.8, 4) is 0 Å². The fourth-order valence-electron chi connectivity index (χ4n) is 3.00. The lowest BCUT2D eigenvalue weighted by molar-refractivity contribution is -0.262. The minimum Gasteiger partial charge on any atom is -0.388 e. The Labute approximate surface area is 167 Å². The van der Waals surface area contributed by atoms with Crippen LogP contribution in [0.2, 0.25) is 0 Å². The van der Waals surface area contributed by atoms with Crippen LogP contribution in [0.3, 0.4) is 0 Å². The van der Waals surface area contributed by atoms with E-state index in [1.807, 2.05) is 6.92 Å². The summed E-state index contributed by atoms with van der Waals surface area (Å²) in [6, 6.07) is 6.18. The number of ether oxygens (including phenoxy) is 2. The molecule has 7 nitrogen and oxygen atoms in total. The molecule has 1 aliphatic rings. The van der Waals surface area contributed by atoms with E-state index in [0.29, 0.717) is 6.61 Å². The molecule has 4 atom stereocenters. The van der Waals surface area contributed by atoms with Gasteiger partial charge < -0.3 is 19.7 Å². The third-order valence-electron chi connectivity index (χ3n) is 4.76. The zero-order valence-corrected chi connectivity index (χ0v) is 17.4. The smallest absolute Gasteiger partial charge is 0.297 e. The van der Waals surface area contributed by atoms with Gasteiger partial charge in [-0.05, 0) is 25.5 Å². The summed E-state index contributed by atoms with van der Waals surface area (Å²) < 4.78 is 41.4. The Hall–Kier alpha value is -1.03. The van der Waals surface area contributed by atoms with Crippen molar-refractivity contribution in [3.05, 3.63) is 29.8 Å². The standard InChI is InChI=1S/C20H32O7S/c1-3-4-5-6-7-8-13-25-20-19(18(22)17(21)14-26-20)27-28(23,24)16-11-9-15(2)10-12-16/h9-12,17-22H,3-8,13-14H2,1-2H3/t17-,18+,19-,20-/m1/s1. The van der Waals surface area contributed by atoms with Crippen LogP contribution in [0, 0.1) is 6.92 Å². The summed E-state index contributed by atoms with van der Waals surface area (Å²) in [6.07, 6.45) is 1.43. The van der Waals surface area contributed by atoms with Crippen molar-refractivity contribution in [1.29, 1.82) is 0 Å². The van der Waals surface area contributed by atoms with Crippen LogP contribution in [-0.2, 0) is 23.8 Å². The summed E-state index contributed by atoms with van der Waals surface area (Å²) in [7, 11) is -4.14. The lowest BCUT2D eigenvalue weighted by Crippen LogP contribution is -2.55. The van der Waals surface area contributed by atoms with E-state index in [1.165, 1.54) is 31.4 Å². The Bertz CT molecular complexity index is 674. The number of aliphatic hydroxyl groups excluding tert-OH is 2. The van der Waals surface area contributed by atoms with Crippen molar-refractivity contribution < 1.29 is 32.3 Å². The van der Waals surface area contributed by atoms with Crippen LogP contribution in [0.4, 0.5) is 0 Å². The summed E-state index contributed by atoms with van der Waals surface area (Å²) >= 11 is 0. The zero-order valence-electron chi connectivity index (χ0n) is 16.6. The molecule has 1 fully saturated rings. The van der Waals surface area contributed by atoms with E-state index < -0.39 is 34.7 Å². The van der Waals surface area contributed by atoms with Crippen molar-refractivity contribution in [2.24, 2.45) is 0 Å². The highest BCUT2D eigenvalue weighted by molar-refractivity contribution is 7.86. The number of hydrogen-bond donors (Lipinski definition) is 2. The second-order valence-corrected chi connectivity index (χ2v) is 8.80. The van der Waals surface area contributed by atoms with Crippen LogP contribution in [0.1, 0.15) is 51.0 Å². The van der Waals surface area contributed by atoms with Gasteiger partial charge in [-0.1, -0.05) is 56.7 Å². The highest BCUT2D eigenvalue weighted by Crippen LogP contribution is 2.25. The van der Waals surface area contributed by atoms with Crippen molar-refractivity contribution in [2.75, 3.05) is 13.2 Å². The monoisotopic (exact) mass is 416 g/mol. The van der Waals surface area contributed by atoms with Gasteiger partial charge in [0.1, 0.15) is 12.2 Å². The first-order valence-electron chi connectivity index (χ1n) is 9.94. The predicted molar refractivity (Wildman–Crippen MR) is 104 cm³/mol. The lowest BCUT2D eigenvalue weighted by Gasteiger charge is -2.37. The van der Waals surface area contributed by atoms with Gasteiger partial charge in [0.05, 0.1) is 11.5 Å². The number of aryl methyl sites for hydroxylation is 1. The first-order valence-corrected chi connectivity index (χ1v) is 11.3. The Balaban J connectivity index is 1.95. The summed E-state index contributed by atoms with van der Waals surface area (Å²) in [6.45, 7) is 4.23. The molecule has 28 heavy (non-hydrogen) atoms. The van der Waals surface area contributed by atoms with Gasteiger partial charge >= 0.3 is 0 Å². The molecule has 0 aromatic heterocycles. The molecule has 2 N–H and O–H groups in total. The molecule has 1 aliphatic heterocycles. The molecule has 1 aromatic carbocycles. The molecular weight excluding hydrogens is 384 g/mol. The zero-order chi connectivity index (χ0) is 20.6. The van der Waals surface area contributed by atoms with Gasteiger partial charge in [0, 0.05) is 6.61 Å². The first kappa shape index (κ1) is 23.3. The molecule has 0 unspecified atom stereocenters. The largest absolute Gasteiger partial charge is 0.388 e. The Kier molecular flexibility index (Phi) is 9.33. The average molecular weight is 417 g/mol. The van der Waals surface area contributed by atoms with Crippen LogP contribution in [0.25, 0.3) is 0 Å². The van der Waals surface area contributed by atoms with Crippen LogP contribution >= 0.6 is 0 Å². The summed E-state index contributed by atoms with van der Waals surface area (Å²) in [5.74, 6) is 0. The van der Waals surface area contributed by atoms with Gasteiger partial charge in [-0.25, -0.2) is 0 Å². The molecule has 1 aromatic rings. The number of aliphatic hydroxyl groups is 2. The molecule has 0 amide bonds. The first-order chi connectivity index (χ1) is 13.3. The van der Waals surface area contributed by atoms with E-state index >= 15 is 0 Å². The quantitative estimate of drug-likeness (QED) is 0.422. The van der Waals surface area contributed by atoms with Gasteiger partial charge in [0.2, 0.25) is 0 Å². The normalized spacial score (nSPS) is 25.7. The van der Waals surface area contributed by atoms with E-state index in [4.69, 9.17) is 13.7 Å². The molecular formula is C20H32O7S. The minimum absolute atomic E-state index is 0.0277. The molecule has 1 saturated heterocycles. The molecule has 1 heterocycles. The maximum Gasteiger partial charge on any atom is 0.297 e. The number of rotatable bonds is 11. The maximum atomic E-state index is 12.6. The third-order valence-corrected chi connectivity index (χ3v) is 6.08. The van der Waals surface area contributed by atoms with Crippen LogP contribution in [0.5, 0.6) is 0 Å². The lowest BCUT2D eigenvalue weighted by atomic mass is 10.1. The summed E-state index contributed by atoms with van der Waals surface area (Å²) in [4.78, 5) is -0.0277. The predicted octanol–water partition coefficient (Wildman–Crippen LogP) is 2.52. The highest BCUT2D eigenvalue weighted by Gasteiger charge is 2.43. The van der Waals surface area contributed by atoms with Gasteiger partial charge in [-0.3, -0.25) is 4.18 Å². The van der Waals surface area contributed by atoms with Gasteiger partial charge in [-0.2, -0.15) is 8.42 Å². The number of hydrogen-bond acceptors (Lipinski definition) is 7. The van der Waals surface area contributed by atoms with E-state index in [1.54, 1.807) is 12.1 Å². The maximum absolute atomic E-state index is 12.6. The van der Waals surface area contributed by atoms with E-state index in [2.05, 4.69) is 6.92 Å². The second-order valence-electron chi connectivity index (χ2n) is 7.23. The van der Waals surface area contributed by atoms with Gasteiger partial charge in [-0.15, -0.1) is 0 Å². The molecule has 0 radical (unpaired) electrons. The molecule has 0 aliphatic carbocycles. The molecule has 2 rings (SSSR count). The molecule has 0 bridgehead atoms. The number of benzene rings is 1. The van der Waals surface area contributed by atoms with Crippen molar-refractivity contribution >= 4 is 10.1 Å². The fourth-order valence-corrected chi connectivity index (χ4v) is 4.08. The fraction of sp³-hybridized carbons (Fsp3) is 0.700. The van der Waals surface area contributed by atoms with Crippen LogP contribution in [-0.4, -0.2) is 56.4 Å². The number of unbranched alkanes of at least 4 members (excludes halogenated alkanes) is 5. The molecule has 160 valence electrons. The van der Waals surface area contributed by atoms with E-state index in [0.717, 1.165) is 24.8 Å². The molecule has 0 spiro atoms. The van der Waals surface area contributed by atoms with Crippen LogP contribution < -0.4 is 0 Å². The van der Waals surface area contributed by atoms with Crippen LogP contribution in [0.15, 0.2) is 29.2 Å². The Morgan fingerprint density at radius 3 is 2.39 bits per heavy atom. The Morgan fingerprint density at radius 2 is 1.71 bits per heavy atom. The summed E-state index contributed by atoms with van der Waals surface area (Å²) in [5, 5.41) is 20.1. The highest BCUT2D eigenvalue weighted by atomic mass is 32.2. The Morgan fingerprint density at radius 1 is 1.07 bits per heavy atom. The van der Waals surface area contributed by atoms with Crippen molar-refractivity contribution in [3.63, 3.8) is 0 Å². The van der Waals surface area contributed by atoms with E-state index in [9.17, 15) is 18.6 Å². The SMILES string of the molecule is CCCCCCCCO[C@@H]1OC[C@@H](O)[C@H](O)[C@H]1OS(=O)(=O)c1ccc(C)cc1. The van der Waals surface area contributed by atoms with Gasteiger partial charge in [0.25, 0.3) is 10.1 Å². The minimum atomic E-state index is -4.14. The topological polar surface area (TPSA) is 102 Å². The van der Waals surface area contributed by atoms with Crippen molar-refractivity contribution in [1.82, 2.24) is 0 Å². The van der Waals surface area contributed by atoms with Crippen molar-refractivity contribution in [2.45, 2.75) is 81.9 Å².